The number of likely N-dealkylation sites (N-methyl/N-ethyl adjacent to an activating group) is 1. The van der Waals surface area contributed by atoms with Gasteiger partial charge in [-0.2, -0.15) is 12.6 Å². The monoisotopic (exact) mass is 279 g/mol. The molecule has 0 bridgehead atoms. The summed E-state index contributed by atoms with van der Waals surface area (Å²) in [5, 5.41) is 3.36. The van der Waals surface area contributed by atoms with E-state index < -0.39 is 0 Å². The fourth-order valence-corrected chi connectivity index (χ4v) is 2.50. The lowest BCUT2D eigenvalue weighted by atomic mass is 10.1. The second-order valence-corrected chi connectivity index (χ2v) is 5.74. The van der Waals surface area contributed by atoms with Crippen LogP contribution in [0.25, 0.3) is 0 Å². The third kappa shape index (κ3) is 5.15. The molecule has 0 unspecified atom stereocenters. The van der Waals surface area contributed by atoms with Crippen LogP contribution in [0.2, 0.25) is 0 Å². The maximum Gasteiger partial charge on any atom is 0.0234 e. The Balaban J connectivity index is 1.78. The van der Waals surface area contributed by atoms with E-state index in [4.69, 9.17) is 0 Å². The largest absolute Gasteiger partial charge is 0.312 e. The molecule has 1 N–H and O–H groups in total. The van der Waals surface area contributed by atoms with E-state index in [0.717, 1.165) is 25.4 Å². The molecular weight excluding hydrogens is 254 g/mol. The highest BCUT2D eigenvalue weighted by Gasteiger charge is 2.13. The van der Waals surface area contributed by atoms with Crippen molar-refractivity contribution < 1.29 is 0 Å². The van der Waals surface area contributed by atoms with Gasteiger partial charge in [-0.05, 0) is 18.2 Å². The number of piperazine rings is 1. The van der Waals surface area contributed by atoms with Crippen LogP contribution in [0, 0.1) is 0 Å². The molecule has 0 aromatic heterocycles. The Bertz CT molecular complexity index is 358. The fourth-order valence-electron chi connectivity index (χ4n) is 2.34. The summed E-state index contributed by atoms with van der Waals surface area (Å²) in [5.41, 5.74) is 2.77. The Labute approximate surface area is 122 Å². The third-order valence-corrected chi connectivity index (χ3v) is 3.87. The van der Waals surface area contributed by atoms with Crippen molar-refractivity contribution >= 4 is 12.6 Å². The molecule has 0 atom stereocenters. The van der Waals surface area contributed by atoms with Crippen LogP contribution in [0.3, 0.4) is 0 Å². The van der Waals surface area contributed by atoms with E-state index in [1.807, 2.05) is 0 Å². The minimum atomic E-state index is 0.890. The van der Waals surface area contributed by atoms with Crippen LogP contribution in [0.1, 0.15) is 11.1 Å². The summed E-state index contributed by atoms with van der Waals surface area (Å²) < 4.78 is 0. The second-order valence-electron chi connectivity index (χ2n) is 5.30. The zero-order valence-corrected chi connectivity index (χ0v) is 12.7. The number of thiol groups is 1. The van der Waals surface area contributed by atoms with Gasteiger partial charge in [0.1, 0.15) is 0 Å². The number of rotatable bonds is 6. The summed E-state index contributed by atoms with van der Waals surface area (Å²) in [5.74, 6) is 0.890. The number of benzene rings is 1. The van der Waals surface area contributed by atoms with Crippen molar-refractivity contribution in [3.05, 3.63) is 35.4 Å². The van der Waals surface area contributed by atoms with Gasteiger partial charge < -0.3 is 10.2 Å². The topological polar surface area (TPSA) is 18.5 Å². The first kappa shape index (κ1) is 14.9. The van der Waals surface area contributed by atoms with Crippen LogP contribution in [-0.2, 0) is 13.1 Å². The predicted octanol–water partition coefficient (Wildman–Crippen LogP) is 1.45. The summed E-state index contributed by atoms with van der Waals surface area (Å²) >= 11 is 4.19. The molecule has 0 amide bonds. The van der Waals surface area contributed by atoms with Crippen LogP contribution < -0.4 is 5.32 Å². The van der Waals surface area contributed by atoms with Gasteiger partial charge in [0.2, 0.25) is 0 Å². The van der Waals surface area contributed by atoms with Crippen molar-refractivity contribution in [2.75, 3.05) is 45.5 Å². The molecule has 1 aliphatic rings. The number of hydrogen-bond acceptors (Lipinski definition) is 4. The van der Waals surface area contributed by atoms with Crippen molar-refractivity contribution in [1.82, 2.24) is 15.1 Å². The SMILES string of the molecule is CN1CCN(Cc2ccc(CNCCS)cc2)CC1. The first-order valence-corrected chi connectivity index (χ1v) is 7.71. The molecular formula is C15H25N3S. The molecule has 0 radical (unpaired) electrons. The Morgan fingerprint density at radius 3 is 2.32 bits per heavy atom. The highest BCUT2D eigenvalue weighted by atomic mass is 32.1. The van der Waals surface area contributed by atoms with E-state index in [-0.39, 0.29) is 0 Å². The summed E-state index contributed by atoms with van der Waals surface area (Å²) in [6.45, 7) is 7.72. The minimum absolute atomic E-state index is 0.890. The Hall–Kier alpha value is -0.550. The quantitative estimate of drug-likeness (QED) is 0.607. The molecule has 106 valence electrons. The van der Waals surface area contributed by atoms with E-state index in [1.54, 1.807) is 0 Å². The first-order chi connectivity index (χ1) is 9.28. The minimum Gasteiger partial charge on any atom is -0.312 e. The van der Waals surface area contributed by atoms with Crippen molar-refractivity contribution in [3.63, 3.8) is 0 Å². The maximum absolute atomic E-state index is 4.19. The van der Waals surface area contributed by atoms with Crippen molar-refractivity contribution in [2.45, 2.75) is 13.1 Å². The Morgan fingerprint density at radius 2 is 1.68 bits per heavy atom. The van der Waals surface area contributed by atoms with Crippen molar-refractivity contribution in [1.29, 1.82) is 0 Å². The van der Waals surface area contributed by atoms with Gasteiger partial charge in [-0.15, -0.1) is 0 Å². The molecule has 0 aliphatic carbocycles. The molecule has 1 fully saturated rings. The van der Waals surface area contributed by atoms with Crippen molar-refractivity contribution in [3.8, 4) is 0 Å². The van der Waals surface area contributed by atoms with Gasteiger partial charge in [-0.3, -0.25) is 4.90 Å². The highest BCUT2D eigenvalue weighted by Crippen LogP contribution is 2.09. The molecule has 1 aromatic carbocycles. The second kappa shape index (κ2) is 7.90. The first-order valence-electron chi connectivity index (χ1n) is 7.08. The molecule has 1 aliphatic heterocycles. The molecule has 1 saturated heterocycles. The van der Waals surface area contributed by atoms with Crippen LogP contribution >= 0.6 is 12.6 Å². The molecule has 0 saturated carbocycles. The standard InChI is InChI=1S/C15H25N3S/c1-17-7-9-18(10-8-17)13-15-4-2-14(3-5-15)12-16-6-11-19/h2-5,16,19H,6-13H2,1H3. The number of nitrogens with zero attached hydrogens (tertiary/aromatic N) is 2. The van der Waals surface area contributed by atoms with Crippen LogP contribution in [-0.4, -0.2) is 55.3 Å². The number of nitrogens with one attached hydrogen (secondary N) is 1. The van der Waals surface area contributed by atoms with Crippen LogP contribution in [0.15, 0.2) is 24.3 Å². The molecule has 3 nitrogen and oxygen atoms in total. The van der Waals surface area contributed by atoms with Gasteiger partial charge in [0.15, 0.2) is 0 Å². The summed E-state index contributed by atoms with van der Waals surface area (Å²) in [4.78, 5) is 4.93. The molecule has 2 rings (SSSR count). The van der Waals surface area contributed by atoms with Gasteiger partial charge in [0.25, 0.3) is 0 Å². The highest BCUT2D eigenvalue weighted by molar-refractivity contribution is 7.80. The molecule has 19 heavy (non-hydrogen) atoms. The molecule has 1 aromatic rings. The van der Waals surface area contributed by atoms with E-state index in [9.17, 15) is 0 Å². The van der Waals surface area contributed by atoms with Crippen LogP contribution in [0.4, 0.5) is 0 Å². The van der Waals surface area contributed by atoms with Gasteiger partial charge in [0, 0.05) is 51.6 Å². The van der Waals surface area contributed by atoms with Gasteiger partial charge in [-0.25, -0.2) is 0 Å². The third-order valence-electron chi connectivity index (χ3n) is 3.64. The lowest BCUT2D eigenvalue weighted by molar-refractivity contribution is 0.148. The average molecular weight is 279 g/mol. The van der Waals surface area contributed by atoms with E-state index in [1.165, 1.54) is 37.3 Å². The summed E-state index contributed by atoms with van der Waals surface area (Å²) in [7, 11) is 2.20. The van der Waals surface area contributed by atoms with Gasteiger partial charge in [-0.1, -0.05) is 24.3 Å². The van der Waals surface area contributed by atoms with Gasteiger partial charge in [0.05, 0.1) is 0 Å². The maximum atomic E-state index is 4.19. The van der Waals surface area contributed by atoms with Crippen LogP contribution in [0.5, 0.6) is 0 Å². The van der Waals surface area contributed by atoms with E-state index in [0.29, 0.717) is 0 Å². The molecule has 1 heterocycles. The Kier molecular flexibility index (Phi) is 6.17. The van der Waals surface area contributed by atoms with E-state index >= 15 is 0 Å². The smallest absolute Gasteiger partial charge is 0.0234 e. The summed E-state index contributed by atoms with van der Waals surface area (Å²) in [6, 6.07) is 8.99. The lowest BCUT2D eigenvalue weighted by Crippen LogP contribution is -2.43. The van der Waals surface area contributed by atoms with Crippen molar-refractivity contribution in [2.24, 2.45) is 0 Å². The predicted molar refractivity (Wildman–Crippen MR) is 84.8 cm³/mol. The average Bonchev–Trinajstić information content (AvgIpc) is 2.44. The zero-order valence-electron chi connectivity index (χ0n) is 11.8. The lowest BCUT2D eigenvalue weighted by Gasteiger charge is -2.32. The van der Waals surface area contributed by atoms with Gasteiger partial charge >= 0.3 is 0 Å². The number of hydrogen-bond donors (Lipinski definition) is 2. The zero-order chi connectivity index (χ0) is 13.5. The molecule has 4 heteroatoms. The van der Waals surface area contributed by atoms with E-state index in [2.05, 4.69) is 59.1 Å². The fraction of sp³-hybridized carbons (Fsp3) is 0.600. The normalized spacial score (nSPS) is 17.8. The summed E-state index contributed by atoms with van der Waals surface area (Å²) in [6.07, 6.45) is 0. The Morgan fingerprint density at radius 1 is 1.05 bits per heavy atom. The molecule has 0 spiro atoms.